The van der Waals surface area contributed by atoms with Gasteiger partial charge in [-0.1, -0.05) is 6.07 Å². The number of aliphatic hydroxyl groups is 1. The van der Waals surface area contributed by atoms with Crippen molar-refractivity contribution in [1.29, 1.82) is 0 Å². The molecule has 2 aromatic rings. The van der Waals surface area contributed by atoms with Crippen LogP contribution < -0.4 is 9.47 Å². The predicted molar refractivity (Wildman–Crippen MR) is 111 cm³/mol. The molecule has 0 aromatic heterocycles. The molecular formula is C23H28O7. The summed E-state index contributed by atoms with van der Waals surface area (Å²) in [6.45, 7) is 0.589. The quantitative estimate of drug-likeness (QED) is 0.464. The van der Waals surface area contributed by atoms with Crippen molar-refractivity contribution in [3.05, 3.63) is 41.0 Å². The predicted octanol–water partition coefficient (Wildman–Crippen LogP) is 3.02. The zero-order valence-electron chi connectivity index (χ0n) is 17.1. The number of phenols is 3. The molecule has 0 saturated carbocycles. The standard InChI is InChI=1S/C23H28O7/c1-29-21-12-14(11-20(27)22(21)28)4-7-16(24)13-17(25)8-5-15-6-9-19(26)23-18(15)3-2-10-30-23/h6,9,11-12,17,25-28H,2-5,7-8,10,13H2,1H3. The van der Waals surface area contributed by atoms with Crippen LogP contribution in [0.4, 0.5) is 0 Å². The molecule has 30 heavy (non-hydrogen) atoms. The van der Waals surface area contributed by atoms with Gasteiger partial charge in [0, 0.05) is 18.4 Å². The van der Waals surface area contributed by atoms with E-state index in [1.54, 1.807) is 12.1 Å². The van der Waals surface area contributed by atoms with Gasteiger partial charge in [0.25, 0.3) is 0 Å². The van der Waals surface area contributed by atoms with Crippen LogP contribution in [-0.2, 0) is 24.1 Å². The number of ketones is 1. The van der Waals surface area contributed by atoms with E-state index in [0.717, 1.165) is 24.0 Å². The maximum absolute atomic E-state index is 12.3. The molecule has 1 unspecified atom stereocenters. The van der Waals surface area contributed by atoms with Gasteiger partial charge in [-0.2, -0.15) is 0 Å². The first kappa shape index (κ1) is 21.8. The first-order chi connectivity index (χ1) is 14.4. The maximum Gasteiger partial charge on any atom is 0.200 e. The third-order valence-corrected chi connectivity index (χ3v) is 5.39. The number of fused-ring (bicyclic) bond motifs is 1. The van der Waals surface area contributed by atoms with Crippen molar-refractivity contribution in [1.82, 2.24) is 0 Å². The lowest BCUT2D eigenvalue weighted by atomic mass is 9.94. The molecule has 1 aliphatic heterocycles. The second-order valence-electron chi connectivity index (χ2n) is 7.60. The van der Waals surface area contributed by atoms with Crippen molar-refractivity contribution in [3.8, 4) is 28.7 Å². The van der Waals surface area contributed by atoms with Gasteiger partial charge >= 0.3 is 0 Å². The summed E-state index contributed by atoms with van der Waals surface area (Å²) in [6, 6.07) is 6.44. The minimum atomic E-state index is -0.755. The fourth-order valence-electron chi connectivity index (χ4n) is 3.77. The summed E-state index contributed by atoms with van der Waals surface area (Å²) < 4.78 is 10.6. The zero-order valence-corrected chi connectivity index (χ0v) is 17.1. The van der Waals surface area contributed by atoms with Crippen molar-refractivity contribution < 1.29 is 34.7 Å². The number of Topliss-reactive ketones (excluding diaryl/α,β-unsaturated/α-hetero) is 1. The van der Waals surface area contributed by atoms with Crippen LogP contribution in [0.5, 0.6) is 28.7 Å². The highest BCUT2D eigenvalue weighted by Crippen LogP contribution is 2.37. The number of carbonyl (C=O) groups is 1. The number of aromatic hydroxyl groups is 3. The Bertz CT molecular complexity index is 907. The Morgan fingerprint density at radius 1 is 1.17 bits per heavy atom. The summed E-state index contributed by atoms with van der Waals surface area (Å²) >= 11 is 0. The lowest BCUT2D eigenvalue weighted by molar-refractivity contribution is -0.121. The van der Waals surface area contributed by atoms with Gasteiger partial charge in [-0.25, -0.2) is 0 Å². The third kappa shape index (κ3) is 5.16. The van der Waals surface area contributed by atoms with Crippen LogP contribution in [0.2, 0.25) is 0 Å². The first-order valence-corrected chi connectivity index (χ1v) is 10.1. The molecule has 0 fully saturated rings. The third-order valence-electron chi connectivity index (χ3n) is 5.39. The molecular weight excluding hydrogens is 388 g/mol. The lowest BCUT2D eigenvalue weighted by Gasteiger charge is -2.21. The number of rotatable bonds is 9. The van der Waals surface area contributed by atoms with E-state index in [0.29, 0.717) is 37.2 Å². The van der Waals surface area contributed by atoms with E-state index in [9.17, 15) is 25.2 Å². The number of hydrogen-bond acceptors (Lipinski definition) is 7. The van der Waals surface area contributed by atoms with Gasteiger partial charge in [0.1, 0.15) is 5.78 Å². The Kier molecular flexibility index (Phi) is 7.05. The van der Waals surface area contributed by atoms with E-state index in [2.05, 4.69) is 0 Å². The molecule has 3 rings (SSSR count). The topological polar surface area (TPSA) is 116 Å². The lowest BCUT2D eigenvalue weighted by Crippen LogP contribution is -2.16. The Labute approximate surface area is 175 Å². The van der Waals surface area contributed by atoms with Crippen LogP contribution in [0, 0.1) is 0 Å². The van der Waals surface area contributed by atoms with E-state index < -0.39 is 6.10 Å². The summed E-state index contributed by atoms with van der Waals surface area (Å²) in [6.07, 6.45) is 2.65. The van der Waals surface area contributed by atoms with E-state index in [1.165, 1.54) is 13.2 Å². The van der Waals surface area contributed by atoms with Gasteiger partial charge < -0.3 is 29.9 Å². The number of phenolic OH excluding ortho intramolecular Hbond substituents is 3. The molecule has 162 valence electrons. The van der Waals surface area contributed by atoms with Crippen molar-refractivity contribution in [2.45, 2.75) is 51.0 Å². The minimum Gasteiger partial charge on any atom is -0.504 e. The Hall–Kier alpha value is -2.93. The molecule has 0 spiro atoms. The highest BCUT2D eigenvalue weighted by atomic mass is 16.5. The molecule has 1 aliphatic rings. The van der Waals surface area contributed by atoms with Crippen LogP contribution in [0.3, 0.4) is 0 Å². The molecule has 0 saturated heterocycles. The van der Waals surface area contributed by atoms with Gasteiger partial charge in [-0.15, -0.1) is 0 Å². The first-order valence-electron chi connectivity index (χ1n) is 10.1. The second-order valence-corrected chi connectivity index (χ2v) is 7.60. The van der Waals surface area contributed by atoms with E-state index >= 15 is 0 Å². The molecule has 0 bridgehead atoms. The minimum absolute atomic E-state index is 0.0535. The number of aryl methyl sites for hydroxylation is 2. The molecule has 7 heteroatoms. The Balaban J connectivity index is 1.50. The molecule has 0 radical (unpaired) electrons. The van der Waals surface area contributed by atoms with E-state index in [1.807, 2.05) is 6.07 Å². The molecule has 4 N–H and O–H groups in total. The molecule has 1 heterocycles. The Morgan fingerprint density at radius 3 is 2.73 bits per heavy atom. The second kappa shape index (κ2) is 9.71. The fraction of sp³-hybridized carbons (Fsp3) is 0.435. The summed E-state index contributed by atoms with van der Waals surface area (Å²) in [7, 11) is 1.39. The summed E-state index contributed by atoms with van der Waals surface area (Å²) in [5, 5.41) is 39.6. The van der Waals surface area contributed by atoms with Crippen LogP contribution >= 0.6 is 0 Å². The van der Waals surface area contributed by atoms with Gasteiger partial charge in [-0.3, -0.25) is 4.79 Å². The number of carbonyl (C=O) groups excluding carboxylic acids is 1. The molecule has 2 aromatic carbocycles. The van der Waals surface area contributed by atoms with Gasteiger partial charge in [-0.05, 0) is 61.4 Å². The van der Waals surface area contributed by atoms with Crippen LogP contribution in [0.25, 0.3) is 0 Å². The maximum atomic E-state index is 12.3. The van der Waals surface area contributed by atoms with E-state index in [-0.39, 0.29) is 41.6 Å². The number of hydrogen-bond donors (Lipinski definition) is 4. The Morgan fingerprint density at radius 2 is 1.97 bits per heavy atom. The zero-order chi connectivity index (χ0) is 21.7. The van der Waals surface area contributed by atoms with Crippen LogP contribution in [0.15, 0.2) is 24.3 Å². The SMILES string of the molecule is COc1cc(CCC(=O)CC(O)CCc2ccc(O)c3c2CCCO3)cc(O)c1O. The van der Waals surface area contributed by atoms with Crippen molar-refractivity contribution in [2.75, 3.05) is 13.7 Å². The van der Waals surface area contributed by atoms with Gasteiger partial charge in [0.05, 0.1) is 19.8 Å². The van der Waals surface area contributed by atoms with Gasteiger partial charge in [0.2, 0.25) is 5.75 Å². The number of benzene rings is 2. The normalized spacial score (nSPS) is 13.9. The average Bonchev–Trinajstić information content (AvgIpc) is 2.74. The molecule has 0 aliphatic carbocycles. The van der Waals surface area contributed by atoms with Crippen LogP contribution in [-0.4, -0.2) is 46.0 Å². The number of aliphatic hydroxyl groups excluding tert-OH is 1. The molecule has 0 amide bonds. The fourth-order valence-corrected chi connectivity index (χ4v) is 3.77. The highest BCUT2D eigenvalue weighted by Gasteiger charge is 2.19. The van der Waals surface area contributed by atoms with E-state index in [4.69, 9.17) is 9.47 Å². The van der Waals surface area contributed by atoms with Crippen molar-refractivity contribution in [3.63, 3.8) is 0 Å². The monoisotopic (exact) mass is 416 g/mol. The van der Waals surface area contributed by atoms with Crippen LogP contribution in [0.1, 0.15) is 42.4 Å². The van der Waals surface area contributed by atoms with Crippen molar-refractivity contribution >= 4 is 5.78 Å². The smallest absolute Gasteiger partial charge is 0.200 e. The average molecular weight is 416 g/mol. The summed E-state index contributed by atoms with van der Waals surface area (Å²) in [5.41, 5.74) is 2.68. The number of methoxy groups -OCH3 is 1. The summed E-state index contributed by atoms with van der Waals surface area (Å²) in [4.78, 5) is 12.3. The molecule has 7 nitrogen and oxygen atoms in total. The number of ether oxygens (including phenoxy) is 2. The van der Waals surface area contributed by atoms with Crippen molar-refractivity contribution in [2.24, 2.45) is 0 Å². The van der Waals surface area contributed by atoms with Gasteiger partial charge in [0.15, 0.2) is 23.0 Å². The molecule has 1 atom stereocenters. The summed E-state index contributed by atoms with van der Waals surface area (Å²) in [5.74, 6) is 0.129. The highest BCUT2D eigenvalue weighted by molar-refractivity contribution is 5.79. The largest absolute Gasteiger partial charge is 0.504 e.